The summed E-state index contributed by atoms with van der Waals surface area (Å²) in [5.41, 5.74) is 0. The largest absolute Gasteiger partial charge is 0.433 e. The van der Waals surface area contributed by atoms with Crippen LogP contribution in [-0.4, -0.2) is 44.2 Å². The zero-order valence-corrected chi connectivity index (χ0v) is 10.5. The summed E-state index contributed by atoms with van der Waals surface area (Å²) in [6.45, 7) is 3.27. The van der Waals surface area contributed by atoms with E-state index in [9.17, 15) is 13.2 Å². The van der Waals surface area contributed by atoms with Gasteiger partial charge in [0.05, 0.1) is 5.75 Å². The van der Waals surface area contributed by atoms with E-state index < -0.39 is 21.9 Å². The number of hydrogen-bond donors (Lipinski definition) is 0. The van der Waals surface area contributed by atoms with Gasteiger partial charge in [-0.05, 0) is 19.3 Å². The maximum absolute atomic E-state index is 11.4. The van der Waals surface area contributed by atoms with Crippen LogP contribution in [0.5, 0.6) is 0 Å². The van der Waals surface area contributed by atoms with Crippen LogP contribution in [0.3, 0.4) is 0 Å². The Hall–Kier alpha value is -0.780. The van der Waals surface area contributed by atoms with Gasteiger partial charge in [0.25, 0.3) is 0 Å². The van der Waals surface area contributed by atoms with E-state index in [2.05, 4.69) is 0 Å². The summed E-state index contributed by atoms with van der Waals surface area (Å²) in [4.78, 5) is 13.0. The van der Waals surface area contributed by atoms with E-state index in [0.717, 1.165) is 19.3 Å². The lowest BCUT2D eigenvalue weighted by Crippen LogP contribution is -2.30. The number of nitrogens with zero attached hydrogens (tertiary/aromatic N) is 1. The molecule has 1 fully saturated rings. The van der Waals surface area contributed by atoms with Crippen LogP contribution < -0.4 is 0 Å². The van der Waals surface area contributed by atoms with Gasteiger partial charge in [0.1, 0.15) is 0 Å². The van der Waals surface area contributed by atoms with E-state index in [-0.39, 0.29) is 5.75 Å². The highest BCUT2D eigenvalue weighted by molar-refractivity contribution is 7.91. The minimum absolute atomic E-state index is 0.0940. The van der Waals surface area contributed by atoms with E-state index in [0.29, 0.717) is 19.5 Å². The van der Waals surface area contributed by atoms with E-state index in [1.807, 2.05) is 6.92 Å². The Labute approximate surface area is 96.7 Å². The molecule has 0 aromatic carbocycles. The summed E-state index contributed by atoms with van der Waals surface area (Å²) in [5, 5.41) is 0. The number of unbranched alkanes of at least 4 members (excludes halogenated alkanes) is 1. The lowest BCUT2D eigenvalue weighted by molar-refractivity contribution is 0.126. The Morgan fingerprint density at radius 3 is 2.50 bits per heavy atom. The maximum Gasteiger partial charge on any atom is 0.410 e. The fraction of sp³-hybridized carbons (Fsp3) is 0.900. The second kappa shape index (κ2) is 6.08. The van der Waals surface area contributed by atoms with Gasteiger partial charge in [0, 0.05) is 13.1 Å². The number of hydrogen-bond acceptors (Lipinski definition) is 4. The number of carbonyl (C=O) groups excluding carboxylic acids is 1. The molecule has 0 aromatic heterocycles. The molecule has 94 valence electrons. The average molecular weight is 249 g/mol. The summed E-state index contributed by atoms with van der Waals surface area (Å²) in [6, 6.07) is 0. The van der Waals surface area contributed by atoms with Crippen molar-refractivity contribution in [2.45, 2.75) is 32.6 Å². The third-order valence-electron chi connectivity index (χ3n) is 2.54. The van der Waals surface area contributed by atoms with Crippen molar-refractivity contribution in [3.63, 3.8) is 0 Å². The van der Waals surface area contributed by atoms with Crippen LogP contribution in [0.4, 0.5) is 4.79 Å². The molecular weight excluding hydrogens is 230 g/mol. The molecule has 1 aliphatic rings. The fourth-order valence-electron chi connectivity index (χ4n) is 1.55. The van der Waals surface area contributed by atoms with E-state index in [1.165, 1.54) is 0 Å². The summed E-state index contributed by atoms with van der Waals surface area (Å²) < 4.78 is 27.6. The minimum Gasteiger partial charge on any atom is -0.433 e. The number of amides is 1. The molecule has 1 heterocycles. The molecule has 1 saturated heterocycles. The van der Waals surface area contributed by atoms with Crippen molar-refractivity contribution in [1.82, 2.24) is 4.90 Å². The van der Waals surface area contributed by atoms with Crippen molar-refractivity contribution in [3.8, 4) is 0 Å². The van der Waals surface area contributed by atoms with Gasteiger partial charge in [-0.2, -0.15) is 0 Å². The molecule has 1 aliphatic heterocycles. The van der Waals surface area contributed by atoms with Crippen molar-refractivity contribution in [3.05, 3.63) is 0 Å². The van der Waals surface area contributed by atoms with Gasteiger partial charge in [-0.25, -0.2) is 13.2 Å². The van der Waals surface area contributed by atoms with Crippen molar-refractivity contribution in [1.29, 1.82) is 0 Å². The number of carbonyl (C=O) groups is 1. The summed E-state index contributed by atoms with van der Waals surface area (Å²) in [7, 11) is -3.24. The number of ether oxygens (including phenoxy) is 1. The molecule has 0 unspecified atom stereocenters. The topological polar surface area (TPSA) is 63.7 Å². The molecule has 0 radical (unpaired) electrons. The van der Waals surface area contributed by atoms with Crippen LogP contribution in [0.25, 0.3) is 0 Å². The lowest BCUT2D eigenvalue weighted by atomic mass is 10.4. The lowest BCUT2D eigenvalue weighted by Gasteiger charge is -2.14. The van der Waals surface area contributed by atoms with Gasteiger partial charge in [-0.3, -0.25) is 0 Å². The third kappa shape index (κ3) is 4.38. The highest BCUT2D eigenvalue weighted by Crippen LogP contribution is 2.09. The van der Waals surface area contributed by atoms with Crippen LogP contribution in [0, 0.1) is 0 Å². The highest BCUT2D eigenvalue weighted by atomic mass is 32.2. The first kappa shape index (κ1) is 13.3. The molecule has 0 spiro atoms. The average Bonchev–Trinajstić information content (AvgIpc) is 2.77. The van der Waals surface area contributed by atoms with E-state index in [1.54, 1.807) is 4.90 Å². The highest BCUT2D eigenvalue weighted by Gasteiger charge is 2.21. The zero-order chi connectivity index (χ0) is 12.0. The molecule has 0 saturated carbocycles. The van der Waals surface area contributed by atoms with Gasteiger partial charge in [0.15, 0.2) is 15.8 Å². The normalized spacial score (nSPS) is 16.4. The van der Waals surface area contributed by atoms with E-state index in [4.69, 9.17) is 4.74 Å². The molecule has 0 bridgehead atoms. The van der Waals surface area contributed by atoms with Crippen LogP contribution in [0.1, 0.15) is 32.6 Å². The van der Waals surface area contributed by atoms with Crippen LogP contribution in [-0.2, 0) is 14.6 Å². The monoisotopic (exact) mass is 249 g/mol. The Morgan fingerprint density at radius 2 is 1.94 bits per heavy atom. The molecular formula is C10H19NO4S. The molecule has 0 aromatic rings. The van der Waals surface area contributed by atoms with Crippen molar-refractivity contribution in [2.24, 2.45) is 0 Å². The fourth-order valence-corrected chi connectivity index (χ4v) is 2.68. The van der Waals surface area contributed by atoms with Crippen molar-refractivity contribution >= 4 is 15.9 Å². The van der Waals surface area contributed by atoms with Crippen LogP contribution >= 0.6 is 0 Å². The van der Waals surface area contributed by atoms with Gasteiger partial charge >= 0.3 is 6.09 Å². The summed E-state index contributed by atoms with van der Waals surface area (Å²) in [6.07, 6.45) is 2.87. The quantitative estimate of drug-likeness (QED) is 0.738. The zero-order valence-electron chi connectivity index (χ0n) is 9.65. The second-order valence-corrected chi connectivity index (χ2v) is 6.15. The van der Waals surface area contributed by atoms with E-state index >= 15 is 0 Å². The Balaban J connectivity index is 2.30. The van der Waals surface area contributed by atoms with Crippen LogP contribution in [0.15, 0.2) is 0 Å². The predicted octanol–water partition coefficient (Wildman–Crippen LogP) is 1.39. The smallest absolute Gasteiger partial charge is 0.410 e. The minimum atomic E-state index is -3.24. The molecule has 1 rings (SSSR count). The van der Waals surface area contributed by atoms with Crippen LogP contribution in [0.2, 0.25) is 0 Å². The Bertz CT molecular complexity index is 320. The van der Waals surface area contributed by atoms with Gasteiger partial charge in [-0.15, -0.1) is 0 Å². The first-order valence-electron chi connectivity index (χ1n) is 5.67. The Morgan fingerprint density at radius 1 is 1.31 bits per heavy atom. The molecule has 0 atom stereocenters. The molecule has 6 heteroatoms. The number of rotatable bonds is 5. The second-order valence-electron chi connectivity index (χ2n) is 4.02. The van der Waals surface area contributed by atoms with Crippen molar-refractivity contribution < 1.29 is 17.9 Å². The first-order valence-corrected chi connectivity index (χ1v) is 7.49. The third-order valence-corrected chi connectivity index (χ3v) is 3.92. The van der Waals surface area contributed by atoms with Gasteiger partial charge in [-0.1, -0.05) is 13.3 Å². The number of sulfone groups is 1. The Kier molecular flexibility index (Phi) is 5.05. The molecule has 0 aliphatic carbocycles. The standard InChI is InChI=1S/C10H19NO4S/c1-2-3-8-16(13,14)9-15-10(12)11-6-4-5-7-11/h2-9H2,1H3. The summed E-state index contributed by atoms with van der Waals surface area (Å²) >= 11 is 0. The molecule has 5 nitrogen and oxygen atoms in total. The SMILES string of the molecule is CCCCS(=O)(=O)COC(=O)N1CCCC1. The predicted molar refractivity (Wildman–Crippen MR) is 60.8 cm³/mol. The van der Waals surface area contributed by atoms with Crippen molar-refractivity contribution in [2.75, 3.05) is 24.8 Å². The number of likely N-dealkylation sites (tertiary alicyclic amines) is 1. The summed E-state index contributed by atoms with van der Waals surface area (Å²) in [5.74, 6) is -0.390. The maximum atomic E-state index is 11.4. The first-order chi connectivity index (χ1) is 7.55. The van der Waals surface area contributed by atoms with Gasteiger partial charge < -0.3 is 9.64 Å². The molecule has 0 N–H and O–H groups in total. The molecule has 16 heavy (non-hydrogen) atoms. The molecule has 1 amide bonds. The van der Waals surface area contributed by atoms with Gasteiger partial charge in [0.2, 0.25) is 0 Å².